The molecule has 6 nitrogen and oxygen atoms in total. The molecule has 0 aliphatic rings. The first kappa shape index (κ1) is 19.4. The lowest BCUT2D eigenvalue weighted by atomic mass is 10.0. The Bertz CT molecular complexity index is 1240. The van der Waals surface area contributed by atoms with Gasteiger partial charge in [0.15, 0.2) is 0 Å². The third-order valence-corrected chi connectivity index (χ3v) is 4.98. The Morgan fingerprint density at radius 2 is 1.83 bits per heavy atom. The molecule has 0 bridgehead atoms. The van der Waals surface area contributed by atoms with E-state index in [2.05, 4.69) is 20.7 Å². The van der Waals surface area contributed by atoms with Crippen molar-refractivity contribution in [3.63, 3.8) is 0 Å². The van der Waals surface area contributed by atoms with E-state index in [0.717, 1.165) is 27.6 Å². The summed E-state index contributed by atoms with van der Waals surface area (Å²) in [5.41, 5.74) is 7.22. The van der Waals surface area contributed by atoms with Crippen molar-refractivity contribution >= 4 is 22.4 Å². The van der Waals surface area contributed by atoms with Gasteiger partial charge < -0.3 is 4.74 Å². The second kappa shape index (κ2) is 8.21. The van der Waals surface area contributed by atoms with E-state index in [1.165, 1.54) is 5.56 Å². The number of H-pyrrole nitrogens is 1. The van der Waals surface area contributed by atoms with Gasteiger partial charge in [0.25, 0.3) is 5.91 Å². The lowest BCUT2D eigenvalue weighted by molar-refractivity contribution is 0.0950. The van der Waals surface area contributed by atoms with Crippen molar-refractivity contribution in [2.45, 2.75) is 13.8 Å². The number of nitrogens with zero attached hydrogens (tertiary/aromatic N) is 2. The molecule has 150 valence electrons. The van der Waals surface area contributed by atoms with Crippen LogP contribution in [0, 0.1) is 6.92 Å². The maximum absolute atomic E-state index is 12.6. The zero-order chi connectivity index (χ0) is 21.1. The summed E-state index contributed by atoms with van der Waals surface area (Å²) < 4.78 is 5.54. The average molecular weight is 398 g/mol. The molecule has 4 aromatic rings. The molecule has 0 unspecified atom stereocenters. The van der Waals surface area contributed by atoms with Gasteiger partial charge in [-0.2, -0.15) is 10.2 Å². The average Bonchev–Trinajstić information content (AvgIpc) is 3.26. The Balaban J connectivity index is 1.60. The topological polar surface area (TPSA) is 79.4 Å². The van der Waals surface area contributed by atoms with Crippen LogP contribution in [0.4, 0.5) is 0 Å². The molecular weight excluding hydrogens is 376 g/mol. The van der Waals surface area contributed by atoms with Crippen molar-refractivity contribution < 1.29 is 9.53 Å². The Morgan fingerprint density at radius 3 is 2.60 bits per heavy atom. The van der Waals surface area contributed by atoms with E-state index in [1.54, 1.807) is 13.2 Å². The number of benzene rings is 3. The first-order chi connectivity index (χ1) is 14.6. The van der Waals surface area contributed by atoms with Crippen LogP contribution < -0.4 is 10.2 Å². The highest BCUT2D eigenvalue weighted by Gasteiger charge is 2.16. The van der Waals surface area contributed by atoms with Crippen LogP contribution in [0.15, 0.2) is 71.8 Å². The predicted octanol–water partition coefficient (Wildman–Crippen LogP) is 4.70. The van der Waals surface area contributed by atoms with Crippen LogP contribution in [-0.4, -0.2) is 28.9 Å². The maximum Gasteiger partial charge on any atom is 0.289 e. The van der Waals surface area contributed by atoms with Gasteiger partial charge >= 0.3 is 0 Å². The molecule has 0 spiro atoms. The third kappa shape index (κ3) is 3.80. The second-order valence-electron chi connectivity index (χ2n) is 7.03. The van der Waals surface area contributed by atoms with Gasteiger partial charge in [0, 0.05) is 0 Å². The van der Waals surface area contributed by atoms with Crippen molar-refractivity contribution in [2.24, 2.45) is 5.10 Å². The molecule has 0 radical (unpaired) electrons. The van der Waals surface area contributed by atoms with Crippen LogP contribution in [0.2, 0.25) is 0 Å². The number of aryl methyl sites for hydroxylation is 1. The third-order valence-electron chi connectivity index (χ3n) is 4.98. The molecule has 0 saturated heterocycles. The number of aromatic amines is 1. The number of fused-ring (bicyclic) bond motifs is 1. The Labute approximate surface area is 174 Å². The summed E-state index contributed by atoms with van der Waals surface area (Å²) >= 11 is 0. The summed E-state index contributed by atoms with van der Waals surface area (Å²) in [6.45, 7) is 3.88. The van der Waals surface area contributed by atoms with E-state index in [0.29, 0.717) is 17.1 Å². The molecular formula is C24H22N4O2. The molecule has 4 rings (SSSR count). The lowest BCUT2D eigenvalue weighted by Crippen LogP contribution is -2.19. The molecule has 1 heterocycles. The normalized spacial score (nSPS) is 11.5. The van der Waals surface area contributed by atoms with Gasteiger partial charge in [-0.25, -0.2) is 5.43 Å². The van der Waals surface area contributed by atoms with Gasteiger partial charge in [-0.05, 0) is 42.3 Å². The van der Waals surface area contributed by atoms with Crippen LogP contribution in [0.3, 0.4) is 0 Å². The largest absolute Gasteiger partial charge is 0.496 e. The van der Waals surface area contributed by atoms with Crippen LogP contribution in [-0.2, 0) is 0 Å². The van der Waals surface area contributed by atoms with Crippen molar-refractivity contribution in [3.8, 4) is 17.0 Å². The predicted molar refractivity (Wildman–Crippen MR) is 119 cm³/mol. The fourth-order valence-electron chi connectivity index (χ4n) is 3.31. The molecule has 0 aliphatic carbocycles. The number of ether oxygens (including phenoxy) is 1. The molecule has 3 aromatic carbocycles. The molecule has 1 amide bonds. The molecule has 2 N–H and O–H groups in total. The fourth-order valence-corrected chi connectivity index (χ4v) is 3.31. The molecule has 0 saturated carbocycles. The van der Waals surface area contributed by atoms with Gasteiger partial charge in [-0.3, -0.25) is 9.89 Å². The number of carbonyl (C=O) groups excluding carboxylic acids is 1. The first-order valence-corrected chi connectivity index (χ1v) is 9.60. The number of methoxy groups -OCH3 is 1. The number of carbonyl (C=O) groups is 1. The summed E-state index contributed by atoms with van der Waals surface area (Å²) in [7, 11) is 1.62. The standard InChI is InChI=1S/C24H22N4O2/c1-15-8-10-17(11-9-15)16(2)25-28-24(29)21-14-20(26-27-21)23-19-7-5-4-6-18(19)12-13-22(23)30-3/h4-14H,1-3H3,(H,26,27)(H,28,29)/b25-16-. The van der Waals surface area contributed by atoms with Crippen LogP contribution >= 0.6 is 0 Å². The van der Waals surface area contributed by atoms with Crippen LogP contribution in [0.25, 0.3) is 22.0 Å². The van der Waals surface area contributed by atoms with Crippen LogP contribution in [0.1, 0.15) is 28.5 Å². The van der Waals surface area contributed by atoms with E-state index >= 15 is 0 Å². The Hall–Kier alpha value is -3.93. The summed E-state index contributed by atoms with van der Waals surface area (Å²) in [5.74, 6) is 0.333. The number of hydrogen-bond donors (Lipinski definition) is 2. The Kier molecular flexibility index (Phi) is 5.30. The van der Waals surface area contributed by atoms with E-state index < -0.39 is 0 Å². The number of hydrogen-bond acceptors (Lipinski definition) is 4. The van der Waals surface area contributed by atoms with E-state index in [-0.39, 0.29) is 5.91 Å². The monoisotopic (exact) mass is 398 g/mol. The van der Waals surface area contributed by atoms with Crippen molar-refractivity contribution in [1.82, 2.24) is 15.6 Å². The number of rotatable bonds is 5. The van der Waals surface area contributed by atoms with Gasteiger partial charge in [-0.15, -0.1) is 0 Å². The van der Waals surface area contributed by atoms with Gasteiger partial charge in [0.1, 0.15) is 11.4 Å². The van der Waals surface area contributed by atoms with Crippen molar-refractivity contribution in [3.05, 3.63) is 83.6 Å². The molecule has 0 atom stereocenters. The SMILES string of the molecule is COc1ccc2ccccc2c1-c1cc(C(=O)N/N=C(/C)c2ccc(C)cc2)[nH]n1. The molecule has 0 aliphatic heterocycles. The highest BCUT2D eigenvalue weighted by Crippen LogP contribution is 2.36. The summed E-state index contributed by atoms with van der Waals surface area (Å²) in [6, 6.07) is 21.6. The quantitative estimate of drug-likeness (QED) is 0.378. The molecule has 30 heavy (non-hydrogen) atoms. The fraction of sp³-hybridized carbons (Fsp3) is 0.125. The summed E-state index contributed by atoms with van der Waals surface area (Å²) in [5, 5.41) is 13.4. The van der Waals surface area contributed by atoms with Crippen LogP contribution in [0.5, 0.6) is 5.75 Å². The van der Waals surface area contributed by atoms with E-state index in [1.807, 2.05) is 74.5 Å². The first-order valence-electron chi connectivity index (χ1n) is 9.60. The second-order valence-corrected chi connectivity index (χ2v) is 7.03. The minimum Gasteiger partial charge on any atom is -0.496 e. The number of nitrogens with one attached hydrogen (secondary N) is 2. The smallest absolute Gasteiger partial charge is 0.289 e. The van der Waals surface area contributed by atoms with Gasteiger partial charge in [0.2, 0.25) is 0 Å². The van der Waals surface area contributed by atoms with E-state index in [4.69, 9.17) is 4.74 Å². The minimum atomic E-state index is -0.362. The lowest BCUT2D eigenvalue weighted by Gasteiger charge is -2.09. The molecule has 6 heteroatoms. The minimum absolute atomic E-state index is 0.320. The van der Waals surface area contributed by atoms with Crippen molar-refractivity contribution in [2.75, 3.05) is 7.11 Å². The molecule has 0 fully saturated rings. The number of hydrazone groups is 1. The van der Waals surface area contributed by atoms with E-state index in [9.17, 15) is 4.79 Å². The maximum atomic E-state index is 12.6. The Morgan fingerprint density at radius 1 is 1.07 bits per heavy atom. The van der Waals surface area contributed by atoms with Gasteiger partial charge in [0.05, 0.1) is 24.1 Å². The number of aromatic nitrogens is 2. The summed E-state index contributed by atoms with van der Waals surface area (Å²) in [6.07, 6.45) is 0. The van der Waals surface area contributed by atoms with Gasteiger partial charge in [-0.1, -0.05) is 60.2 Å². The molecule has 1 aromatic heterocycles. The zero-order valence-corrected chi connectivity index (χ0v) is 17.1. The number of amides is 1. The highest BCUT2D eigenvalue weighted by molar-refractivity contribution is 6.02. The highest BCUT2D eigenvalue weighted by atomic mass is 16.5. The summed E-state index contributed by atoms with van der Waals surface area (Å²) in [4.78, 5) is 12.6. The zero-order valence-electron chi connectivity index (χ0n) is 17.1. The van der Waals surface area contributed by atoms with Crippen molar-refractivity contribution in [1.29, 1.82) is 0 Å².